The van der Waals surface area contributed by atoms with E-state index in [-0.39, 0.29) is 5.57 Å². The summed E-state index contributed by atoms with van der Waals surface area (Å²) in [6.45, 7) is 4.89. The van der Waals surface area contributed by atoms with Crippen LogP contribution in [0.3, 0.4) is 0 Å². The number of ether oxygens (including phenoxy) is 2. The van der Waals surface area contributed by atoms with Crippen LogP contribution in [-0.4, -0.2) is 24.3 Å². The van der Waals surface area contributed by atoms with Gasteiger partial charge in [-0.15, -0.1) is 0 Å². The van der Waals surface area contributed by atoms with Gasteiger partial charge in [0.1, 0.15) is 11.5 Å². The quantitative estimate of drug-likeness (QED) is 0.477. The standard InChI is InChI=1S/C12H14O4/c1-8(9(2)13)12(14)16-11-6-4-10(15-3)5-7-11/h4-7,9,13H,1H2,2-3H3. The van der Waals surface area contributed by atoms with Crippen LogP contribution in [0.15, 0.2) is 36.4 Å². The third-order valence-corrected chi connectivity index (χ3v) is 2.04. The number of carbonyl (C=O) groups excluding carboxylic acids is 1. The summed E-state index contributed by atoms with van der Waals surface area (Å²) in [5.41, 5.74) is 0.0239. The first kappa shape index (κ1) is 12.3. The molecule has 1 aromatic rings. The average Bonchev–Trinajstić information content (AvgIpc) is 2.28. The fraction of sp³-hybridized carbons (Fsp3) is 0.250. The second-order valence-electron chi connectivity index (χ2n) is 3.27. The molecule has 0 aliphatic carbocycles. The van der Waals surface area contributed by atoms with Gasteiger partial charge in [0.15, 0.2) is 0 Å². The van der Waals surface area contributed by atoms with Gasteiger partial charge < -0.3 is 14.6 Å². The maximum atomic E-state index is 11.4. The molecule has 0 radical (unpaired) electrons. The van der Waals surface area contributed by atoms with Crippen molar-refractivity contribution in [2.45, 2.75) is 13.0 Å². The van der Waals surface area contributed by atoms with Gasteiger partial charge in [-0.05, 0) is 31.2 Å². The minimum absolute atomic E-state index is 0.0239. The molecule has 86 valence electrons. The molecule has 0 bridgehead atoms. The summed E-state index contributed by atoms with van der Waals surface area (Å²) < 4.78 is 9.94. The van der Waals surface area contributed by atoms with Gasteiger partial charge in [-0.25, -0.2) is 4.79 Å². The molecule has 0 saturated heterocycles. The number of methoxy groups -OCH3 is 1. The second-order valence-corrected chi connectivity index (χ2v) is 3.27. The molecule has 0 heterocycles. The molecule has 1 rings (SSSR count). The minimum Gasteiger partial charge on any atom is -0.497 e. The highest BCUT2D eigenvalue weighted by Gasteiger charge is 2.14. The Morgan fingerprint density at radius 1 is 1.31 bits per heavy atom. The van der Waals surface area contributed by atoms with E-state index in [1.807, 2.05) is 0 Å². The van der Waals surface area contributed by atoms with E-state index >= 15 is 0 Å². The first-order valence-corrected chi connectivity index (χ1v) is 4.77. The lowest BCUT2D eigenvalue weighted by Crippen LogP contribution is -2.18. The Morgan fingerprint density at radius 3 is 2.25 bits per heavy atom. The molecule has 1 atom stereocenters. The molecule has 4 heteroatoms. The van der Waals surface area contributed by atoms with E-state index in [1.54, 1.807) is 31.4 Å². The van der Waals surface area contributed by atoms with Gasteiger partial charge in [0, 0.05) is 0 Å². The largest absolute Gasteiger partial charge is 0.497 e. The Balaban J connectivity index is 2.66. The Morgan fingerprint density at radius 2 is 1.81 bits per heavy atom. The van der Waals surface area contributed by atoms with Crippen LogP contribution in [-0.2, 0) is 4.79 Å². The van der Waals surface area contributed by atoms with Crippen LogP contribution >= 0.6 is 0 Å². The zero-order valence-electron chi connectivity index (χ0n) is 9.27. The molecule has 0 amide bonds. The molecule has 4 nitrogen and oxygen atoms in total. The highest BCUT2D eigenvalue weighted by Crippen LogP contribution is 2.18. The van der Waals surface area contributed by atoms with Crippen LogP contribution < -0.4 is 9.47 Å². The average molecular weight is 222 g/mol. The molecule has 16 heavy (non-hydrogen) atoms. The van der Waals surface area contributed by atoms with Crippen LogP contribution in [0, 0.1) is 0 Å². The van der Waals surface area contributed by atoms with Gasteiger partial charge in [0.05, 0.1) is 18.8 Å². The maximum absolute atomic E-state index is 11.4. The summed E-state index contributed by atoms with van der Waals surface area (Å²) in [6, 6.07) is 6.56. The predicted molar refractivity (Wildman–Crippen MR) is 59.4 cm³/mol. The zero-order valence-corrected chi connectivity index (χ0v) is 9.27. The Hall–Kier alpha value is -1.81. The molecule has 1 aromatic carbocycles. The summed E-state index contributed by atoms with van der Waals surface area (Å²) in [6.07, 6.45) is -0.911. The first-order valence-electron chi connectivity index (χ1n) is 4.77. The van der Waals surface area contributed by atoms with E-state index in [2.05, 4.69) is 6.58 Å². The van der Waals surface area contributed by atoms with E-state index < -0.39 is 12.1 Å². The summed E-state index contributed by atoms with van der Waals surface area (Å²) >= 11 is 0. The normalized spacial score (nSPS) is 11.7. The fourth-order valence-corrected chi connectivity index (χ4v) is 0.987. The second kappa shape index (κ2) is 5.32. The number of esters is 1. The van der Waals surface area contributed by atoms with Gasteiger partial charge in [-0.3, -0.25) is 0 Å². The number of hydrogen-bond donors (Lipinski definition) is 1. The van der Waals surface area contributed by atoms with Crippen LogP contribution in [0.25, 0.3) is 0 Å². The number of aliphatic hydroxyl groups is 1. The summed E-state index contributed by atoms with van der Waals surface area (Å²) in [5.74, 6) is 0.418. The van der Waals surface area contributed by atoms with Gasteiger partial charge in [0.2, 0.25) is 0 Å². The summed E-state index contributed by atoms with van der Waals surface area (Å²) in [7, 11) is 1.55. The van der Waals surface area contributed by atoms with E-state index in [1.165, 1.54) is 6.92 Å². The Kier molecular flexibility index (Phi) is 4.08. The van der Waals surface area contributed by atoms with Crippen molar-refractivity contribution < 1.29 is 19.4 Å². The highest BCUT2D eigenvalue weighted by molar-refractivity contribution is 5.90. The van der Waals surface area contributed by atoms with Crippen molar-refractivity contribution in [2.24, 2.45) is 0 Å². The number of rotatable bonds is 4. The lowest BCUT2D eigenvalue weighted by atomic mass is 10.2. The molecule has 0 aliphatic heterocycles. The van der Waals surface area contributed by atoms with Crippen molar-refractivity contribution in [2.75, 3.05) is 7.11 Å². The van der Waals surface area contributed by atoms with Gasteiger partial charge in [-0.1, -0.05) is 6.58 Å². The van der Waals surface area contributed by atoms with E-state index in [9.17, 15) is 4.79 Å². The smallest absolute Gasteiger partial charge is 0.341 e. The van der Waals surface area contributed by atoms with Gasteiger partial charge >= 0.3 is 5.97 Å². The monoisotopic (exact) mass is 222 g/mol. The lowest BCUT2D eigenvalue weighted by Gasteiger charge is -2.08. The van der Waals surface area contributed by atoms with Crippen LogP contribution in [0.5, 0.6) is 11.5 Å². The zero-order chi connectivity index (χ0) is 12.1. The number of aliphatic hydroxyl groups excluding tert-OH is 1. The molecule has 1 unspecified atom stereocenters. The minimum atomic E-state index is -0.911. The molecule has 0 fully saturated rings. The lowest BCUT2D eigenvalue weighted by molar-refractivity contribution is -0.131. The Labute approximate surface area is 94.1 Å². The topological polar surface area (TPSA) is 55.8 Å². The molecule has 1 N–H and O–H groups in total. The van der Waals surface area contributed by atoms with Gasteiger partial charge in [-0.2, -0.15) is 0 Å². The van der Waals surface area contributed by atoms with E-state index in [0.29, 0.717) is 11.5 Å². The first-order chi connectivity index (χ1) is 7.54. The van der Waals surface area contributed by atoms with Crippen molar-refractivity contribution in [3.05, 3.63) is 36.4 Å². The number of hydrogen-bond acceptors (Lipinski definition) is 4. The van der Waals surface area contributed by atoms with E-state index in [4.69, 9.17) is 14.6 Å². The van der Waals surface area contributed by atoms with Gasteiger partial charge in [0.25, 0.3) is 0 Å². The van der Waals surface area contributed by atoms with Crippen molar-refractivity contribution in [1.82, 2.24) is 0 Å². The van der Waals surface area contributed by atoms with Crippen molar-refractivity contribution in [3.8, 4) is 11.5 Å². The molecule has 0 aromatic heterocycles. The highest BCUT2D eigenvalue weighted by atomic mass is 16.5. The van der Waals surface area contributed by atoms with Crippen LogP contribution in [0.1, 0.15) is 6.92 Å². The Bertz CT molecular complexity index is 379. The molecule has 0 aliphatic rings. The molecule has 0 spiro atoms. The molecular formula is C12H14O4. The van der Waals surface area contributed by atoms with Crippen LogP contribution in [0.4, 0.5) is 0 Å². The predicted octanol–water partition coefficient (Wildman–Crippen LogP) is 1.54. The third kappa shape index (κ3) is 3.10. The molecule has 0 saturated carbocycles. The third-order valence-electron chi connectivity index (χ3n) is 2.04. The fourth-order valence-electron chi connectivity index (χ4n) is 0.987. The van der Waals surface area contributed by atoms with Crippen LogP contribution in [0.2, 0.25) is 0 Å². The number of benzene rings is 1. The molecular weight excluding hydrogens is 208 g/mol. The van der Waals surface area contributed by atoms with E-state index in [0.717, 1.165) is 0 Å². The number of carbonyl (C=O) groups is 1. The summed E-state index contributed by atoms with van der Waals surface area (Å²) in [5, 5.41) is 9.13. The summed E-state index contributed by atoms with van der Waals surface area (Å²) in [4.78, 5) is 11.4. The van der Waals surface area contributed by atoms with Crippen molar-refractivity contribution >= 4 is 5.97 Å². The maximum Gasteiger partial charge on any atom is 0.341 e. The van der Waals surface area contributed by atoms with Crippen molar-refractivity contribution in [1.29, 1.82) is 0 Å². The SMILES string of the molecule is C=C(C(=O)Oc1ccc(OC)cc1)C(C)O. The van der Waals surface area contributed by atoms with Crippen molar-refractivity contribution in [3.63, 3.8) is 0 Å².